The Bertz CT molecular complexity index is 194. The Hall–Kier alpha value is -0.790. The van der Waals surface area contributed by atoms with Crippen LogP contribution in [-0.4, -0.2) is 22.9 Å². The fourth-order valence-corrected chi connectivity index (χ4v) is 1.36. The summed E-state index contributed by atoms with van der Waals surface area (Å²) in [5, 5.41) is 0. The van der Waals surface area contributed by atoms with Gasteiger partial charge in [-0.1, -0.05) is 13.0 Å². The van der Waals surface area contributed by atoms with Gasteiger partial charge in [-0.2, -0.15) is 0 Å². The van der Waals surface area contributed by atoms with Crippen molar-refractivity contribution in [2.45, 2.75) is 32.7 Å². The lowest BCUT2D eigenvalue weighted by Crippen LogP contribution is -2.41. The van der Waals surface area contributed by atoms with Gasteiger partial charge in [0.25, 0.3) is 0 Å². The molecule has 0 aromatic heterocycles. The molecule has 1 amide bonds. The Kier molecular flexibility index (Phi) is 2.03. The topological polar surface area (TPSA) is 20.3 Å². The first kappa shape index (κ1) is 8.31. The van der Waals surface area contributed by atoms with Crippen molar-refractivity contribution in [1.29, 1.82) is 0 Å². The van der Waals surface area contributed by atoms with Crippen molar-refractivity contribution in [3.63, 3.8) is 0 Å². The number of hydrogen-bond acceptors (Lipinski definition) is 1. The number of nitrogens with zero attached hydrogens (tertiary/aromatic N) is 1. The summed E-state index contributed by atoms with van der Waals surface area (Å²) in [7, 11) is 0. The zero-order valence-electron chi connectivity index (χ0n) is 7.42. The molecule has 0 bridgehead atoms. The highest BCUT2D eigenvalue weighted by atomic mass is 16.2. The van der Waals surface area contributed by atoms with Gasteiger partial charge in [0.05, 0.1) is 5.54 Å². The lowest BCUT2D eigenvalue weighted by Gasteiger charge is -2.30. The largest absolute Gasteiger partial charge is 0.331 e. The summed E-state index contributed by atoms with van der Waals surface area (Å²) >= 11 is 0. The van der Waals surface area contributed by atoms with Crippen LogP contribution < -0.4 is 0 Å². The van der Waals surface area contributed by atoms with E-state index in [0.29, 0.717) is 0 Å². The third kappa shape index (κ3) is 1.44. The Labute approximate surface area is 67.9 Å². The number of amides is 1. The highest BCUT2D eigenvalue weighted by Crippen LogP contribution is 2.22. The molecule has 1 aliphatic rings. The summed E-state index contributed by atoms with van der Waals surface area (Å²) in [6.07, 6.45) is 4.65. The molecule has 0 radical (unpaired) electrons. The van der Waals surface area contributed by atoms with Gasteiger partial charge >= 0.3 is 0 Å². The van der Waals surface area contributed by atoms with E-state index < -0.39 is 0 Å². The Morgan fingerprint density at radius 2 is 2.18 bits per heavy atom. The normalized spacial score (nSPS) is 21.4. The summed E-state index contributed by atoms with van der Waals surface area (Å²) < 4.78 is 0. The van der Waals surface area contributed by atoms with Crippen LogP contribution in [0.2, 0.25) is 0 Å². The summed E-state index contributed by atoms with van der Waals surface area (Å²) in [5.74, 6) is 0.150. The lowest BCUT2D eigenvalue weighted by molar-refractivity contribution is -0.127. The molecule has 0 saturated carbocycles. The Balaban J connectivity index is 2.70. The van der Waals surface area contributed by atoms with Gasteiger partial charge in [0, 0.05) is 12.6 Å². The summed E-state index contributed by atoms with van der Waals surface area (Å²) in [6.45, 7) is 7.06. The zero-order chi connectivity index (χ0) is 8.48. The summed E-state index contributed by atoms with van der Waals surface area (Å²) in [4.78, 5) is 13.1. The van der Waals surface area contributed by atoms with Gasteiger partial charge in [0.1, 0.15) is 0 Å². The fraction of sp³-hybridized carbons (Fsp3) is 0.667. The van der Waals surface area contributed by atoms with Crippen LogP contribution in [0.25, 0.3) is 0 Å². The van der Waals surface area contributed by atoms with Gasteiger partial charge in [-0.15, -0.1) is 0 Å². The molecule has 0 atom stereocenters. The van der Waals surface area contributed by atoms with Gasteiger partial charge in [-0.25, -0.2) is 0 Å². The standard InChI is InChI=1S/C9H15NO/c1-4-7-10-8(11)5-6-9(10,2)3/h5-6H,4,7H2,1-3H3. The van der Waals surface area contributed by atoms with Crippen LogP contribution in [0.1, 0.15) is 27.2 Å². The fourth-order valence-electron chi connectivity index (χ4n) is 1.36. The third-order valence-corrected chi connectivity index (χ3v) is 2.04. The molecule has 0 fully saturated rings. The van der Waals surface area contributed by atoms with E-state index in [4.69, 9.17) is 0 Å². The van der Waals surface area contributed by atoms with Crippen LogP contribution in [0.3, 0.4) is 0 Å². The predicted octanol–water partition coefficient (Wildman–Crippen LogP) is 1.57. The molecule has 0 N–H and O–H groups in total. The van der Waals surface area contributed by atoms with Crippen molar-refractivity contribution in [3.05, 3.63) is 12.2 Å². The molecule has 0 aromatic carbocycles. The van der Waals surface area contributed by atoms with E-state index in [-0.39, 0.29) is 11.4 Å². The van der Waals surface area contributed by atoms with Gasteiger partial charge in [0.15, 0.2) is 0 Å². The first-order valence-corrected chi connectivity index (χ1v) is 4.09. The maximum Gasteiger partial charge on any atom is 0.247 e. The van der Waals surface area contributed by atoms with Gasteiger partial charge < -0.3 is 4.90 Å². The van der Waals surface area contributed by atoms with E-state index in [2.05, 4.69) is 20.8 Å². The molecule has 2 heteroatoms. The van der Waals surface area contributed by atoms with E-state index >= 15 is 0 Å². The molecular weight excluding hydrogens is 138 g/mol. The van der Waals surface area contributed by atoms with Crippen LogP contribution in [0.5, 0.6) is 0 Å². The maximum absolute atomic E-state index is 11.2. The van der Waals surface area contributed by atoms with Crippen LogP contribution in [0.15, 0.2) is 12.2 Å². The Morgan fingerprint density at radius 1 is 1.55 bits per heavy atom. The molecule has 11 heavy (non-hydrogen) atoms. The van der Waals surface area contributed by atoms with Gasteiger partial charge in [-0.3, -0.25) is 4.79 Å². The number of carbonyl (C=O) groups is 1. The Morgan fingerprint density at radius 3 is 2.55 bits per heavy atom. The molecule has 1 aliphatic heterocycles. The van der Waals surface area contributed by atoms with E-state index in [1.807, 2.05) is 11.0 Å². The molecule has 0 aliphatic carbocycles. The number of hydrogen-bond donors (Lipinski definition) is 0. The summed E-state index contributed by atoms with van der Waals surface area (Å²) in [5.41, 5.74) is -0.0624. The van der Waals surface area contributed by atoms with Crippen molar-refractivity contribution >= 4 is 5.91 Å². The molecule has 1 rings (SSSR count). The highest BCUT2D eigenvalue weighted by Gasteiger charge is 2.31. The first-order valence-electron chi connectivity index (χ1n) is 4.09. The second-order valence-corrected chi connectivity index (χ2v) is 3.48. The molecule has 1 heterocycles. The first-order chi connectivity index (χ1) is 5.08. The van der Waals surface area contributed by atoms with E-state index in [1.54, 1.807) is 6.08 Å². The smallest absolute Gasteiger partial charge is 0.247 e. The summed E-state index contributed by atoms with van der Waals surface area (Å²) in [6, 6.07) is 0. The molecule has 0 spiro atoms. The monoisotopic (exact) mass is 153 g/mol. The second-order valence-electron chi connectivity index (χ2n) is 3.48. The minimum absolute atomic E-state index is 0.0624. The van der Waals surface area contributed by atoms with Crippen LogP contribution >= 0.6 is 0 Å². The van der Waals surface area contributed by atoms with Crippen LogP contribution in [0.4, 0.5) is 0 Å². The van der Waals surface area contributed by atoms with Gasteiger partial charge in [-0.05, 0) is 20.3 Å². The molecule has 2 nitrogen and oxygen atoms in total. The van der Waals surface area contributed by atoms with Gasteiger partial charge in [0.2, 0.25) is 5.91 Å². The highest BCUT2D eigenvalue weighted by molar-refractivity contribution is 5.91. The molecule has 0 unspecified atom stereocenters. The average molecular weight is 153 g/mol. The molecule has 62 valence electrons. The van der Waals surface area contributed by atoms with Crippen LogP contribution in [0, 0.1) is 0 Å². The molecule has 0 aromatic rings. The lowest BCUT2D eigenvalue weighted by atomic mass is 10.1. The van der Waals surface area contributed by atoms with E-state index in [9.17, 15) is 4.79 Å². The van der Waals surface area contributed by atoms with Crippen molar-refractivity contribution in [3.8, 4) is 0 Å². The SMILES string of the molecule is CCCN1C(=O)C=CC1(C)C. The molecule has 0 saturated heterocycles. The minimum Gasteiger partial charge on any atom is -0.331 e. The minimum atomic E-state index is -0.0624. The molecular formula is C9H15NO. The third-order valence-electron chi connectivity index (χ3n) is 2.04. The maximum atomic E-state index is 11.2. The predicted molar refractivity (Wildman–Crippen MR) is 45.2 cm³/mol. The van der Waals surface area contributed by atoms with Crippen molar-refractivity contribution in [1.82, 2.24) is 4.90 Å². The average Bonchev–Trinajstić information content (AvgIpc) is 2.16. The number of rotatable bonds is 2. The van der Waals surface area contributed by atoms with Crippen molar-refractivity contribution in [2.24, 2.45) is 0 Å². The quantitative estimate of drug-likeness (QED) is 0.589. The van der Waals surface area contributed by atoms with E-state index in [1.165, 1.54) is 0 Å². The second kappa shape index (κ2) is 2.68. The zero-order valence-corrected chi connectivity index (χ0v) is 7.42. The van der Waals surface area contributed by atoms with Crippen LogP contribution in [-0.2, 0) is 4.79 Å². The van der Waals surface area contributed by atoms with Crippen molar-refractivity contribution in [2.75, 3.05) is 6.54 Å². The van der Waals surface area contributed by atoms with Crippen molar-refractivity contribution < 1.29 is 4.79 Å². The number of carbonyl (C=O) groups excluding carboxylic acids is 1. The van der Waals surface area contributed by atoms with E-state index in [0.717, 1.165) is 13.0 Å².